The highest BCUT2D eigenvalue weighted by atomic mass is 32.1. The van der Waals surface area contributed by atoms with E-state index in [9.17, 15) is 15.0 Å². The summed E-state index contributed by atoms with van der Waals surface area (Å²) in [5.74, 6) is -0.0622. The van der Waals surface area contributed by atoms with Gasteiger partial charge in [-0.05, 0) is 17.9 Å². The summed E-state index contributed by atoms with van der Waals surface area (Å²) in [6.45, 7) is 1.58. The van der Waals surface area contributed by atoms with Crippen LogP contribution < -0.4 is 5.32 Å². The molecule has 1 saturated heterocycles. The van der Waals surface area contributed by atoms with Crippen LogP contribution in [0.4, 0.5) is 0 Å². The van der Waals surface area contributed by atoms with Gasteiger partial charge in [-0.3, -0.25) is 9.69 Å². The highest BCUT2D eigenvalue weighted by molar-refractivity contribution is 7.09. The van der Waals surface area contributed by atoms with Crippen LogP contribution in [0, 0.1) is 0 Å². The first-order valence-corrected chi connectivity index (χ1v) is 6.90. The molecular formula is C12H18N2O3S. The van der Waals surface area contributed by atoms with Crippen LogP contribution >= 0.6 is 11.3 Å². The number of amides is 1. The molecule has 2 rings (SSSR count). The average molecular weight is 270 g/mol. The molecule has 1 aliphatic rings. The van der Waals surface area contributed by atoms with E-state index in [1.807, 2.05) is 17.5 Å². The Morgan fingerprint density at radius 1 is 1.44 bits per heavy atom. The Bertz CT molecular complexity index is 373. The second kappa shape index (κ2) is 6.29. The van der Waals surface area contributed by atoms with Gasteiger partial charge in [-0.25, -0.2) is 0 Å². The number of aliphatic hydroxyl groups is 2. The molecule has 0 unspecified atom stereocenters. The molecule has 0 radical (unpaired) electrons. The molecule has 0 aromatic carbocycles. The summed E-state index contributed by atoms with van der Waals surface area (Å²) in [7, 11) is 0. The van der Waals surface area contributed by atoms with Gasteiger partial charge < -0.3 is 15.5 Å². The topological polar surface area (TPSA) is 72.8 Å². The van der Waals surface area contributed by atoms with Gasteiger partial charge in [0.05, 0.1) is 18.8 Å². The maximum Gasteiger partial charge on any atom is 0.234 e. The lowest BCUT2D eigenvalue weighted by Gasteiger charge is -2.14. The first kappa shape index (κ1) is 13.5. The van der Waals surface area contributed by atoms with E-state index < -0.39 is 12.2 Å². The maximum absolute atomic E-state index is 11.6. The van der Waals surface area contributed by atoms with Gasteiger partial charge in [-0.2, -0.15) is 0 Å². The molecule has 1 fully saturated rings. The fourth-order valence-corrected chi connectivity index (χ4v) is 2.72. The molecule has 0 aliphatic carbocycles. The summed E-state index contributed by atoms with van der Waals surface area (Å²) >= 11 is 1.68. The van der Waals surface area contributed by atoms with Crippen molar-refractivity contribution >= 4 is 17.2 Å². The van der Waals surface area contributed by atoms with Gasteiger partial charge in [0.25, 0.3) is 0 Å². The number of thiophene rings is 1. The Morgan fingerprint density at radius 3 is 2.78 bits per heavy atom. The predicted molar refractivity (Wildman–Crippen MR) is 69.5 cm³/mol. The number of nitrogens with one attached hydrogen (secondary N) is 1. The first-order chi connectivity index (χ1) is 8.65. The summed E-state index contributed by atoms with van der Waals surface area (Å²) in [5, 5.41) is 23.6. The molecule has 18 heavy (non-hydrogen) atoms. The largest absolute Gasteiger partial charge is 0.389 e. The molecule has 6 heteroatoms. The van der Waals surface area contributed by atoms with Crippen molar-refractivity contribution in [3.8, 4) is 0 Å². The number of likely N-dealkylation sites (tertiary alicyclic amines) is 1. The molecule has 0 saturated carbocycles. The third-order valence-electron chi connectivity index (χ3n) is 2.98. The Hall–Kier alpha value is -0.950. The van der Waals surface area contributed by atoms with Crippen molar-refractivity contribution in [2.24, 2.45) is 0 Å². The van der Waals surface area contributed by atoms with E-state index in [0.29, 0.717) is 19.6 Å². The SMILES string of the molecule is O=C(CN1C[C@@H](O)[C@@H](O)C1)NCCc1cccs1. The highest BCUT2D eigenvalue weighted by Crippen LogP contribution is 2.09. The molecule has 3 N–H and O–H groups in total. The van der Waals surface area contributed by atoms with Gasteiger partial charge >= 0.3 is 0 Å². The quantitative estimate of drug-likeness (QED) is 0.671. The minimum Gasteiger partial charge on any atom is -0.389 e. The molecule has 1 aliphatic heterocycles. The van der Waals surface area contributed by atoms with E-state index in [1.54, 1.807) is 16.2 Å². The van der Waals surface area contributed by atoms with Crippen molar-refractivity contribution < 1.29 is 15.0 Å². The van der Waals surface area contributed by atoms with Gasteiger partial charge in [-0.15, -0.1) is 11.3 Å². The van der Waals surface area contributed by atoms with E-state index in [-0.39, 0.29) is 12.5 Å². The molecule has 2 atom stereocenters. The molecule has 0 bridgehead atoms. The van der Waals surface area contributed by atoms with E-state index in [1.165, 1.54) is 4.88 Å². The van der Waals surface area contributed by atoms with Crippen LogP contribution in [0.3, 0.4) is 0 Å². The molecule has 1 amide bonds. The van der Waals surface area contributed by atoms with Gasteiger partial charge in [0.2, 0.25) is 5.91 Å². The normalized spacial score (nSPS) is 24.3. The predicted octanol–water partition coefficient (Wildman–Crippen LogP) is -0.556. The number of carbonyl (C=O) groups is 1. The van der Waals surface area contributed by atoms with E-state index in [4.69, 9.17) is 0 Å². The number of β-amino-alcohol motifs (C(OH)–C–C–N with tert-alkyl or cyclic N) is 2. The highest BCUT2D eigenvalue weighted by Gasteiger charge is 2.30. The second-order valence-electron chi connectivity index (χ2n) is 4.51. The molecule has 1 aromatic heterocycles. The van der Waals surface area contributed by atoms with Crippen molar-refractivity contribution in [1.29, 1.82) is 0 Å². The number of hydrogen-bond acceptors (Lipinski definition) is 5. The fraction of sp³-hybridized carbons (Fsp3) is 0.583. The third kappa shape index (κ3) is 3.78. The number of hydrogen-bond donors (Lipinski definition) is 3. The Labute approximate surface area is 110 Å². The smallest absolute Gasteiger partial charge is 0.234 e. The van der Waals surface area contributed by atoms with Gasteiger partial charge in [-0.1, -0.05) is 6.07 Å². The summed E-state index contributed by atoms with van der Waals surface area (Å²) in [6.07, 6.45) is -0.623. The third-order valence-corrected chi connectivity index (χ3v) is 3.91. The lowest BCUT2D eigenvalue weighted by Crippen LogP contribution is -2.37. The maximum atomic E-state index is 11.6. The van der Waals surface area contributed by atoms with Crippen molar-refractivity contribution in [2.75, 3.05) is 26.2 Å². The summed E-state index contributed by atoms with van der Waals surface area (Å²) < 4.78 is 0. The zero-order valence-corrected chi connectivity index (χ0v) is 10.9. The molecule has 100 valence electrons. The number of carbonyl (C=O) groups excluding carboxylic acids is 1. The molecular weight excluding hydrogens is 252 g/mol. The zero-order chi connectivity index (χ0) is 13.0. The van der Waals surface area contributed by atoms with E-state index in [2.05, 4.69) is 5.32 Å². The summed E-state index contributed by atoms with van der Waals surface area (Å²) in [5.41, 5.74) is 0. The van der Waals surface area contributed by atoms with Crippen LogP contribution in [0.5, 0.6) is 0 Å². The van der Waals surface area contributed by atoms with Gasteiger partial charge in [0.1, 0.15) is 0 Å². The van der Waals surface area contributed by atoms with Crippen molar-refractivity contribution in [2.45, 2.75) is 18.6 Å². The monoisotopic (exact) mass is 270 g/mol. The minimum absolute atomic E-state index is 0.0622. The van der Waals surface area contributed by atoms with Crippen molar-refractivity contribution in [1.82, 2.24) is 10.2 Å². The van der Waals surface area contributed by atoms with Crippen LogP contribution in [0.2, 0.25) is 0 Å². The minimum atomic E-state index is -0.732. The van der Waals surface area contributed by atoms with Crippen LogP contribution in [0.25, 0.3) is 0 Å². The van der Waals surface area contributed by atoms with Gasteiger partial charge in [0, 0.05) is 24.5 Å². The summed E-state index contributed by atoms with van der Waals surface area (Å²) in [6, 6.07) is 4.04. The fourth-order valence-electron chi connectivity index (χ4n) is 2.02. The lowest BCUT2D eigenvalue weighted by atomic mass is 10.3. The first-order valence-electron chi connectivity index (χ1n) is 6.02. The van der Waals surface area contributed by atoms with Crippen LogP contribution in [0.1, 0.15) is 4.88 Å². The zero-order valence-electron chi connectivity index (χ0n) is 10.1. The van der Waals surface area contributed by atoms with Crippen LogP contribution in [-0.2, 0) is 11.2 Å². The number of rotatable bonds is 5. The molecule has 5 nitrogen and oxygen atoms in total. The van der Waals surface area contributed by atoms with E-state index in [0.717, 1.165) is 6.42 Å². The lowest BCUT2D eigenvalue weighted by molar-refractivity contribution is -0.122. The molecule has 0 spiro atoms. The number of aliphatic hydroxyl groups excluding tert-OH is 2. The van der Waals surface area contributed by atoms with Crippen LogP contribution in [0.15, 0.2) is 17.5 Å². The second-order valence-corrected chi connectivity index (χ2v) is 5.54. The van der Waals surface area contributed by atoms with Crippen molar-refractivity contribution in [3.63, 3.8) is 0 Å². The van der Waals surface area contributed by atoms with Crippen molar-refractivity contribution in [3.05, 3.63) is 22.4 Å². The molecule has 1 aromatic rings. The standard InChI is InChI=1S/C12H18N2O3S/c15-10-6-14(7-11(10)16)8-12(17)13-4-3-9-2-1-5-18-9/h1-2,5,10-11,15-16H,3-4,6-8H2,(H,13,17)/t10-,11+. The average Bonchev–Trinajstić information content (AvgIpc) is 2.90. The number of nitrogens with zero attached hydrogens (tertiary/aromatic N) is 1. The van der Waals surface area contributed by atoms with E-state index >= 15 is 0 Å². The Balaban J connectivity index is 1.63. The molecule has 2 heterocycles. The Kier molecular flexibility index (Phi) is 4.71. The van der Waals surface area contributed by atoms with Crippen LogP contribution in [-0.4, -0.2) is 59.4 Å². The van der Waals surface area contributed by atoms with Gasteiger partial charge in [0.15, 0.2) is 0 Å². The Morgan fingerprint density at radius 2 is 2.17 bits per heavy atom. The summed E-state index contributed by atoms with van der Waals surface area (Å²) in [4.78, 5) is 14.6.